The Morgan fingerprint density at radius 3 is 2.57 bits per heavy atom. The number of carbonyl (C=O) groups is 1. The fourth-order valence-corrected chi connectivity index (χ4v) is 1.62. The van der Waals surface area contributed by atoms with Gasteiger partial charge in [-0.2, -0.15) is 10.4 Å². The van der Waals surface area contributed by atoms with Gasteiger partial charge in [0.25, 0.3) is 0 Å². The zero-order valence-corrected chi connectivity index (χ0v) is 12.5. The van der Waals surface area contributed by atoms with Gasteiger partial charge < -0.3 is 14.2 Å². The molecule has 0 spiro atoms. The summed E-state index contributed by atoms with van der Waals surface area (Å²) in [6.07, 6.45) is 0. The molecule has 0 saturated carbocycles. The third kappa shape index (κ3) is 4.26. The highest BCUT2D eigenvalue weighted by molar-refractivity contribution is 6.43. The maximum atomic E-state index is 11.4. The van der Waals surface area contributed by atoms with Gasteiger partial charge in [0.1, 0.15) is 17.6 Å². The fraction of sp³-hybridized carbons (Fsp3) is 0.308. The van der Waals surface area contributed by atoms with Crippen LogP contribution in [0.15, 0.2) is 17.2 Å². The maximum Gasteiger partial charge on any atom is 0.369 e. The van der Waals surface area contributed by atoms with Gasteiger partial charge >= 0.3 is 5.97 Å². The first-order valence-corrected chi connectivity index (χ1v) is 6.27. The van der Waals surface area contributed by atoms with Crippen LogP contribution in [-0.4, -0.2) is 32.5 Å². The second kappa shape index (κ2) is 7.97. The molecule has 0 amide bonds. The molecule has 1 rings (SSSR count). The van der Waals surface area contributed by atoms with Crippen molar-refractivity contribution in [1.29, 1.82) is 5.26 Å². The van der Waals surface area contributed by atoms with E-state index in [9.17, 15) is 4.79 Å². The molecule has 1 aromatic rings. The van der Waals surface area contributed by atoms with E-state index in [4.69, 9.17) is 31.1 Å². The molecule has 0 radical (unpaired) electrons. The monoisotopic (exact) mass is 311 g/mol. The summed E-state index contributed by atoms with van der Waals surface area (Å²) in [5.74, 6) is 0.00108. The van der Waals surface area contributed by atoms with Crippen LogP contribution in [0.2, 0.25) is 5.02 Å². The third-order valence-electron chi connectivity index (χ3n) is 2.34. The van der Waals surface area contributed by atoms with Crippen molar-refractivity contribution in [3.05, 3.63) is 17.2 Å². The number of benzene rings is 1. The van der Waals surface area contributed by atoms with Crippen molar-refractivity contribution in [2.24, 2.45) is 5.10 Å². The van der Waals surface area contributed by atoms with Gasteiger partial charge in [-0.3, -0.25) is 5.43 Å². The molecule has 0 atom stereocenters. The second-order valence-electron chi connectivity index (χ2n) is 3.59. The molecule has 0 bridgehead atoms. The quantitative estimate of drug-likeness (QED) is 0.492. The van der Waals surface area contributed by atoms with Crippen LogP contribution in [0.5, 0.6) is 11.5 Å². The number of hydrogen-bond acceptors (Lipinski definition) is 7. The molecule has 0 aromatic heterocycles. The van der Waals surface area contributed by atoms with Gasteiger partial charge in [0.2, 0.25) is 5.71 Å². The molecule has 0 saturated heterocycles. The zero-order chi connectivity index (χ0) is 15.8. The van der Waals surface area contributed by atoms with Gasteiger partial charge in [-0.05, 0) is 13.0 Å². The van der Waals surface area contributed by atoms with E-state index < -0.39 is 11.7 Å². The van der Waals surface area contributed by atoms with E-state index >= 15 is 0 Å². The van der Waals surface area contributed by atoms with Crippen molar-refractivity contribution in [2.75, 3.05) is 26.3 Å². The Morgan fingerprint density at radius 2 is 2.05 bits per heavy atom. The van der Waals surface area contributed by atoms with Crippen LogP contribution in [0.1, 0.15) is 6.92 Å². The Labute approximate surface area is 127 Å². The molecular weight excluding hydrogens is 298 g/mol. The minimum absolute atomic E-state index is 0.150. The van der Waals surface area contributed by atoms with E-state index in [2.05, 4.69) is 10.5 Å². The van der Waals surface area contributed by atoms with Crippen LogP contribution in [0.25, 0.3) is 0 Å². The third-order valence-corrected chi connectivity index (χ3v) is 2.63. The van der Waals surface area contributed by atoms with Crippen LogP contribution >= 0.6 is 11.6 Å². The van der Waals surface area contributed by atoms with Crippen LogP contribution in [0.4, 0.5) is 5.69 Å². The summed E-state index contributed by atoms with van der Waals surface area (Å²) in [5, 5.41) is 12.9. The first-order chi connectivity index (χ1) is 10.1. The summed E-state index contributed by atoms with van der Waals surface area (Å²) in [5.41, 5.74) is 2.51. The number of hydrazone groups is 1. The number of ether oxygens (including phenoxy) is 3. The number of hydrogen-bond donors (Lipinski definition) is 1. The predicted molar refractivity (Wildman–Crippen MR) is 77.9 cm³/mol. The highest BCUT2D eigenvalue weighted by Crippen LogP contribution is 2.35. The lowest BCUT2D eigenvalue weighted by atomic mass is 10.3. The topological polar surface area (TPSA) is 92.9 Å². The molecule has 0 aliphatic carbocycles. The Hall–Kier alpha value is -2.46. The van der Waals surface area contributed by atoms with E-state index in [0.717, 1.165) is 0 Å². The van der Waals surface area contributed by atoms with Gasteiger partial charge in [-0.1, -0.05) is 11.6 Å². The number of methoxy groups -OCH3 is 2. The SMILES string of the molecule is CCOC(=O)/C(C#N)=N\Nc1cc(Cl)c(OC)cc1OC. The Kier molecular flexibility index (Phi) is 6.30. The molecule has 8 heteroatoms. The molecule has 1 N–H and O–H groups in total. The number of esters is 1. The summed E-state index contributed by atoms with van der Waals surface area (Å²) < 4.78 is 14.9. The van der Waals surface area contributed by atoms with Crippen LogP contribution < -0.4 is 14.9 Å². The smallest absolute Gasteiger partial charge is 0.369 e. The lowest BCUT2D eigenvalue weighted by Crippen LogP contribution is -2.17. The number of nitrogens with one attached hydrogen (secondary N) is 1. The average molecular weight is 312 g/mol. The largest absolute Gasteiger partial charge is 0.495 e. The molecule has 1 aromatic carbocycles. The first-order valence-electron chi connectivity index (χ1n) is 5.89. The van der Waals surface area contributed by atoms with E-state index in [0.29, 0.717) is 22.2 Å². The van der Waals surface area contributed by atoms with E-state index in [-0.39, 0.29) is 6.61 Å². The van der Waals surface area contributed by atoms with E-state index in [1.807, 2.05) is 0 Å². The van der Waals surface area contributed by atoms with Crippen molar-refractivity contribution in [1.82, 2.24) is 0 Å². The lowest BCUT2D eigenvalue weighted by molar-refractivity contribution is -0.134. The minimum Gasteiger partial charge on any atom is -0.495 e. The highest BCUT2D eigenvalue weighted by Gasteiger charge is 2.14. The Balaban J connectivity index is 3.04. The van der Waals surface area contributed by atoms with Crippen molar-refractivity contribution >= 4 is 29.0 Å². The van der Waals surface area contributed by atoms with E-state index in [1.54, 1.807) is 19.1 Å². The van der Waals surface area contributed by atoms with Crippen molar-refractivity contribution in [3.8, 4) is 17.6 Å². The maximum absolute atomic E-state index is 11.4. The lowest BCUT2D eigenvalue weighted by Gasteiger charge is -2.11. The number of anilines is 1. The number of rotatable bonds is 6. The summed E-state index contributed by atoms with van der Waals surface area (Å²) >= 11 is 5.99. The molecular formula is C13H14ClN3O4. The van der Waals surface area contributed by atoms with Crippen molar-refractivity contribution in [2.45, 2.75) is 6.92 Å². The molecule has 7 nitrogen and oxygen atoms in total. The number of carbonyl (C=O) groups excluding carboxylic acids is 1. The van der Waals surface area contributed by atoms with Gasteiger partial charge in [-0.15, -0.1) is 0 Å². The molecule has 21 heavy (non-hydrogen) atoms. The average Bonchev–Trinajstić information content (AvgIpc) is 2.48. The summed E-state index contributed by atoms with van der Waals surface area (Å²) in [6.45, 7) is 1.78. The van der Waals surface area contributed by atoms with Crippen molar-refractivity contribution in [3.63, 3.8) is 0 Å². The van der Waals surface area contributed by atoms with Crippen LogP contribution in [0, 0.1) is 11.3 Å². The summed E-state index contributed by atoms with van der Waals surface area (Å²) in [6, 6.07) is 4.70. The summed E-state index contributed by atoms with van der Waals surface area (Å²) in [4.78, 5) is 11.4. The molecule has 0 fully saturated rings. The molecule has 0 heterocycles. The summed E-state index contributed by atoms with van der Waals surface area (Å²) in [7, 11) is 2.93. The standard InChI is InChI=1S/C13H14ClN3O4/c1-4-21-13(18)10(7-15)17-16-9-5-8(14)11(19-2)6-12(9)20-3/h5-6,16H,4H2,1-3H3/b17-10-. The van der Waals surface area contributed by atoms with Crippen LogP contribution in [0.3, 0.4) is 0 Å². The Morgan fingerprint density at radius 1 is 1.38 bits per heavy atom. The normalized spacial score (nSPS) is 10.5. The predicted octanol–water partition coefficient (Wildman–Crippen LogP) is 2.21. The molecule has 0 aliphatic heterocycles. The Bertz CT molecular complexity index is 596. The molecule has 0 aliphatic rings. The van der Waals surface area contributed by atoms with Crippen LogP contribution in [-0.2, 0) is 9.53 Å². The number of nitrogens with zero attached hydrogens (tertiary/aromatic N) is 2. The minimum atomic E-state index is -0.814. The number of halogens is 1. The highest BCUT2D eigenvalue weighted by atomic mass is 35.5. The van der Waals surface area contributed by atoms with E-state index in [1.165, 1.54) is 20.3 Å². The first kappa shape index (κ1) is 16.6. The number of nitriles is 1. The van der Waals surface area contributed by atoms with Gasteiger partial charge in [0.15, 0.2) is 0 Å². The second-order valence-corrected chi connectivity index (χ2v) is 4.00. The zero-order valence-electron chi connectivity index (χ0n) is 11.8. The van der Waals surface area contributed by atoms with Gasteiger partial charge in [-0.25, -0.2) is 4.79 Å². The molecule has 0 unspecified atom stereocenters. The fourth-order valence-electron chi connectivity index (χ4n) is 1.38. The molecule has 112 valence electrons. The van der Waals surface area contributed by atoms with Crippen molar-refractivity contribution < 1.29 is 19.0 Å². The van der Waals surface area contributed by atoms with Gasteiger partial charge in [0.05, 0.1) is 31.5 Å². The van der Waals surface area contributed by atoms with Gasteiger partial charge in [0, 0.05) is 6.07 Å².